The number of carbonyl (C=O) groups is 1. The van der Waals surface area contributed by atoms with E-state index in [1.807, 2.05) is 62.5 Å². The third-order valence-electron chi connectivity index (χ3n) is 8.69. The number of fused-ring (bicyclic) bond motifs is 2. The lowest BCUT2D eigenvalue weighted by Gasteiger charge is -2.28. The summed E-state index contributed by atoms with van der Waals surface area (Å²) in [5.74, 6) is 1.18. The molecule has 52 heavy (non-hydrogen) atoms. The molecule has 0 bridgehead atoms. The first-order valence-electron chi connectivity index (χ1n) is 16.1. The Morgan fingerprint density at radius 2 is 1.58 bits per heavy atom. The van der Waals surface area contributed by atoms with Crippen molar-refractivity contribution in [2.75, 3.05) is 11.5 Å². The van der Waals surface area contributed by atoms with Gasteiger partial charge < -0.3 is 25.5 Å². The first kappa shape index (κ1) is 35.2. The molecule has 258 valence electrons. The molecular weight excluding hydrogens is 720 g/mol. The normalized spacial score (nSPS) is 11.3. The highest BCUT2D eigenvalue weighted by Crippen LogP contribution is 2.26. The molecule has 13 nitrogen and oxygen atoms in total. The Bertz CT molecular complexity index is 2500. The zero-order valence-corrected chi connectivity index (χ0v) is 30.2. The van der Waals surface area contributed by atoms with E-state index in [0.717, 1.165) is 32.3 Å². The highest BCUT2D eigenvalue weighted by Gasteiger charge is 2.26. The summed E-state index contributed by atoms with van der Waals surface area (Å²) in [7, 11) is 3.63. The highest BCUT2D eigenvalue weighted by molar-refractivity contribution is 9.10. The van der Waals surface area contributed by atoms with Gasteiger partial charge in [0.1, 0.15) is 11.9 Å². The predicted octanol–water partition coefficient (Wildman–Crippen LogP) is 6.00. The number of hydrogen-bond donors (Lipinski definition) is 2. The number of nitrogens with two attached hydrogens (primary N) is 2. The summed E-state index contributed by atoms with van der Waals surface area (Å²) in [6, 6.07) is 26.2. The van der Waals surface area contributed by atoms with E-state index in [4.69, 9.17) is 11.5 Å². The number of nitriles is 2. The minimum atomic E-state index is -0.353. The Morgan fingerprint density at radius 1 is 0.865 bits per heavy atom. The molecule has 3 aromatic carbocycles. The second kappa shape index (κ2) is 15.1. The van der Waals surface area contributed by atoms with E-state index < -0.39 is 0 Å². The van der Waals surface area contributed by atoms with Gasteiger partial charge in [0, 0.05) is 42.7 Å². The van der Waals surface area contributed by atoms with Gasteiger partial charge in [-0.25, -0.2) is 19.9 Å². The van der Waals surface area contributed by atoms with Gasteiger partial charge in [-0.15, -0.1) is 0 Å². The van der Waals surface area contributed by atoms with Crippen LogP contribution in [0.2, 0.25) is 0 Å². The molecule has 4 aromatic heterocycles. The third kappa shape index (κ3) is 7.28. The lowest BCUT2D eigenvalue weighted by atomic mass is 9.98. The minimum absolute atomic E-state index is 0.161. The van der Waals surface area contributed by atoms with Crippen molar-refractivity contribution < 1.29 is 4.79 Å². The minimum Gasteiger partial charge on any atom is -0.369 e. The summed E-state index contributed by atoms with van der Waals surface area (Å²) in [6.07, 6.45) is 5.62. The van der Waals surface area contributed by atoms with Gasteiger partial charge in [0.25, 0.3) is 5.91 Å². The lowest BCUT2D eigenvalue weighted by molar-refractivity contribution is 0.0663. The number of hydrogen-bond acceptors (Lipinski definition) is 10. The van der Waals surface area contributed by atoms with Crippen LogP contribution in [0.15, 0.2) is 95.9 Å². The topological polar surface area (TPSA) is 194 Å². The fourth-order valence-corrected chi connectivity index (χ4v) is 6.10. The number of aromatic nitrogens is 7. The molecule has 4 heterocycles. The molecule has 0 aliphatic rings. The number of anilines is 2. The van der Waals surface area contributed by atoms with E-state index in [1.54, 1.807) is 63.9 Å². The van der Waals surface area contributed by atoms with E-state index in [9.17, 15) is 15.3 Å². The van der Waals surface area contributed by atoms with Gasteiger partial charge in [0.2, 0.25) is 11.9 Å². The number of aryl methyl sites for hydroxylation is 2. The monoisotopic (exact) mass is 752 g/mol. The maximum absolute atomic E-state index is 13.5. The smallest absolute Gasteiger partial charge is 0.254 e. The zero-order valence-electron chi connectivity index (χ0n) is 28.6. The van der Waals surface area contributed by atoms with Crippen LogP contribution in [-0.2, 0) is 27.1 Å². The fourth-order valence-electron chi connectivity index (χ4n) is 5.86. The second-order valence-corrected chi connectivity index (χ2v) is 12.9. The first-order valence-corrected chi connectivity index (χ1v) is 16.9. The van der Waals surface area contributed by atoms with E-state index in [1.165, 1.54) is 0 Å². The highest BCUT2D eigenvalue weighted by atomic mass is 79.9. The van der Waals surface area contributed by atoms with Crippen molar-refractivity contribution in [3.8, 4) is 12.1 Å². The molecule has 1 unspecified atom stereocenters. The molecule has 4 N–H and O–H groups in total. The van der Waals surface area contributed by atoms with Crippen molar-refractivity contribution in [2.45, 2.75) is 25.9 Å². The standard InChI is InChI=1S/C21H20BrN7O.C17H13N5/c1-13(19-24-8-3-9-25-19)29(12-16-6-5-15(22)11-26-16)20(30)14-4-7-18-17(10-14)27-21(23)28(18)2;1-22-16-14(10-19)7-11(8-15(16)21-17(22)20)6-12-4-2-3-5-13(12)9-18/h3-11,13H,12H2,1-2H3,(H2,23,27);2-5,7-8H,6H2,1H3,(H2,20,21). The molecule has 14 heteroatoms. The molecule has 0 saturated carbocycles. The molecule has 1 amide bonds. The molecule has 0 radical (unpaired) electrons. The number of halogens is 1. The average Bonchev–Trinajstić information content (AvgIpc) is 3.62. The van der Waals surface area contributed by atoms with Crippen LogP contribution in [0.25, 0.3) is 22.1 Å². The number of benzene rings is 3. The van der Waals surface area contributed by atoms with E-state index in [-0.39, 0.29) is 11.9 Å². The Kier molecular flexibility index (Phi) is 10.2. The number of amides is 1. The average molecular weight is 754 g/mol. The summed E-state index contributed by atoms with van der Waals surface area (Å²) < 4.78 is 4.37. The molecule has 7 aromatic rings. The SMILES string of the molecule is CC(c1ncccn1)N(Cc1ccc(Br)cn1)C(=O)c1ccc2c(c1)nc(N)n2C.Cn1c(N)nc2cc(Cc3ccccc3C#N)cc(C#N)c21. The fraction of sp³-hybridized carbons (Fsp3) is 0.158. The van der Waals surface area contributed by atoms with Gasteiger partial charge in [-0.1, -0.05) is 18.2 Å². The molecule has 0 spiro atoms. The zero-order chi connectivity index (χ0) is 36.9. The van der Waals surface area contributed by atoms with Crippen LogP contribution in [0.1, 0.15) is 57.1 Å². The first-order chi connectivity index (χ1) is 25.1. The summed E-state index contributed by atoms with van der Waals surface area (Å²) in [5, 5.41) is 18.6. The van der Waals surface area contributed by atoms with Gasteiger partial charge in [-0.05, 0) is 95.0 Å². The summed E-state index contributed by atoms with van der Waals surface area (Å²) in [6.45, 7) is 2.22. The van der Waals surface area contributed by atoms with Gasteiger partial charge >= 0.3 is 0 Å². The van der Waals surface area contributed by atoms with Gasteiger partial charge in [0.15, 0.2) is 0 Å². The number of nitrogens with zero attached hydrogens (tertiary/aromatic N) is 10. The molecule has 0 aliphatic carbocycles. The summed E-state index contributed by atoms with van der Waals surface area (Å²) >= 11 is 3.39. The van der Waals surface area contributed by atoms with Crippen molar-refractivity contribution in [3.63, 3.8) is 0 Å². The maximum atomic E-state index is 13.5. The Labute approximate surface area is 308 Å². The van der Waals surface area contributed by atoms with E-state index in [2.05, 4.69) is 53.0 Å². The van der Waals surface area contributed by atoms with Gasteiger partial charge in [0.05, 0.1) is 57.5 Å². The molecular formula is C38H33BrN12O. The van der Waals surface area contributed by atoms with Crippen LogP contribution >= 0.6 is 15.9 Å². The van der Waals surface area contributed by atoms with Gasteiger partial charge in [-0.3, -0.25) is 9.78 Å². The third-order valence-corrected chi connectivity index (χ3v) is 9.16. The van der Waals surface area contributed by atoms with Crippen LogP contribution in [0, 0.1) is 22.7 Å². The number of carbonyl (C=O) groups excluding carboxylic acids is 1. The Hall–Kier alpha value is -6.64. The van der Waals surface area contributed by atoms with Crippen molar-refractivity contribution in [3.05, 3.63) is 135 Å². The Balaban J connectivity index is 0.000000187. The Morgan fingerprint density at radius 3 is 2.29 bits per heavy atom. The van der Waals surface area contributed by atoms with Crippen molar-refractivity contribution in [2.24, 2.45) is 14.1 Å². The molecule has 7 rings (SSSR count). The predicted molar refractivity (Wildman–Crippen MR) is 201 cm³/mol. The number of imidazole rings is 2. The quantitative estimate of drug-likeness (QED) is 0.195. The molecule has 0 aliphatic heterocycles. The second-order valence-electron chi connectivity index (χ2n) is 12.0. The number of nitrogen functional groups attached to an aromatic ring is 2. The van der Waals surface area contributed by atoms with Crippen LogP contribution < -0.4 is 11.5 Å². The largest absolute Gasteiger partial charge is 0.369 e. The number of pyridine rings is 1. The van der Waals surface area contributed by atoms with Crippen LogP contribution in [0.5, 0.6) is 0 Å². The van der Waals surface area contributed by atoms with Crippen LogP contribution in [-0.4, -0.2) is 44.9 Å². The maximum Gasteiger partial charge on any atom is 0.254 e. The molecule has 0 fully saturated rings. The van der Waals surface area contributed by atoms with Crippen molar-refractivity contribution >= 4 is 55.8 Å². The van der Waals surface area contributed by atoms with E-state index in [0.29, 0.717) is 58.4 Å². The summed E-state index contributed by atoms with van der Waals surface area (Å²) in [4.78, 5) is 37.0. The summed E-state index contributed by atoms with van der Waals surface area (Å²) in [5.41, 5.74) is 19.0. The van der Waals surface area contributed by atoms with Crippen molar-refractivity contribution in [1.82, 2.24) is 39.0 Å². The lowest BCUT2D eigenvalue weighted by Crippen LogP contribution is -2.34. The van der Waals surface area contributed by atoms with Gasteiger partial charge in [-0.2, -0.15) is 10.5 Å². The van der Waals surface area contributed by atoms with Crippen molar-refractivity contribution in [1.29, 1.82) is 10.5 Å². The molecule has 0 saturated heterocycles. The molecule has 1 atom stereocenters. The van der Waals surface area contributed by atoms with Crippen LogP contribution in [0.3, 0.4) is 0 Å². The number of rotatable bonds is 7. The van der Waals surface area contributed by atoms with Crippen LogP contribution in [0.4, 0.5) is 11.9 Å². The van der Waals surface area contributed by atoms with E-state index >= 15 is 0 Å².